The second-order valence-electron chi connectivity index (χ2n) is 8.80. The van der Waals surface area contributed by atoms with Gasteiger partial charge in [-0.05, 0) is 32.9 Å². The normalized spacial score (nSPS) is 28.6. The van der Waals surface area contributed by atoms with Gasteiger partial charge in [0.1, 0.15) is 22.9 Å². The van der Waals surface area contributed by atoms with Gasteiger partial charge >= 0.3 is 5.69 Å². The predicted molar refractivity (Wildman–Crippen MR) is 111 cm³/mol. The average Bonchev–Trinajstić information content (AvgIpc) is 2.72. The van der Waals surface area contributed by atoms with Gasteiger partial charge < -0.3 is 26.2 Å². The van der Waals surface area contributed by atoms with E-state index in [4.69, 9.17) is 5.73 Å². The number of aromatic hydroxyl groups is 1. The molecule has 1 amide bonds. The Labute approximate surface area is 190 Å². The first kappa shape index (κ1) is 23.3. The van der Waals surface area contributed by atoms with Crippen LogP contribution in [0.1, 0.15) is 17.5 Å². The van der Waals surface area contributed by atoms with Crippen LogP contribution in [0.25, 0.3) is 5.76 Å². The maximum absolute atomic E-state index is 14.7. The number of aliphatic hydroxyl groups is 3. The van der Waals surface area contributed by atoms with E-state index in [0.717, 1.165) is 0 Å². The highest BCUT2D eigenvalue weighted by Crippen LogP contribution is 2.53. The molecule has 34 heavy (non-hydrogen) atoms. The number of carbonyl (C=O) groups is 3. The Morgan fingerprint density at radius 2 is 1.91 bits per heavy atom. The number of nitrogens with two attached hydrogens (primary N) is 1. The molecule has 12 nitrogen and oxygen atoms in total. The van der Waals surface area contributed by atoms with Crippen molar-refractivity contribution in [3.05, 3.63) is 50.0 Å². The number of halogens is 1. The molecule has 0 heterocycles. The van der Waals surface area contributed by atoms with Crippen molar-refractivity contribution in [2.45, 2.75) is 24.5 Å². The van der Waals surface area contributed by atoms with Gasteiger partial charge in [-0.1, -0.05) is 0 Å². The van der Waals surface area contributed by atoms with Crippen molar-refractivity contribution < 1.29 is 44.1 Å². The van der Waals surface area contributed by atoms with Crippen LogP contribution in [0.15, 0.2) is 23.0 Å². The molecule has 4 atom stereocenters. The Balaban J connectivity index is 2.01. The van der Waals surface area contributed by atoms with Crippen molar-refractivity contribution in [3.63, 3.8) is 0 Å². The second-order valence-corrected chi connectivity index (χ2v) is 8.80. The number of nitro groups is 1. The van der Waals surface area contributed by atoms with E-state index in [0.29, 0.717) is 6.07 Å². The fourth-order valence-electron chi connectivity index (χ4n) is 5.39. The van der Waals surface area contributed by atoms with E-state index < -0.39 is 91.4 Å². The molecule has 1 saturated carbocycles. The number of nitrogens with zero attached hydrogens (tertiary/aromatic N) is 2. The number of nitro benzene ring substituents is 1. The molecule has 0 aliphatic heterocycles. The van der Waals surface area contributed by atoms with Crippen molar-refractivity contribution >= 4 is 28.9 Å². The Hall–Kier alpha value is -3.84. The van der Waals surface area contributed by atoms with Crippen LogP contribution < -0.4 is 5.73 Å². The molecule has 0 spiro atoms. The van der Waals surface area contributed by atoms with Crippen LogP contribution >= 0.6 is 0 Å². The molecule has 1 aromatic carbocycles. The number of rotatable bonds is 3. The molecule has 3 aliphatic carbocycles. The van der Waals surface area contributed by atoms with Gasteiger partial charge in [-0.25, -0.2) is 4.39 Å². The minimum atomic E-state index is -2.85. The summed E-state index contributed by atoms with van der Waals surface area (Å²) in [5, 5.41) is 54.5. The van der Waals surface area contributed by atoms with Crippen LogP contribution in [0.3, 0.4) is 0 Å². The van der Waals surface area contributed by atoms with E-state index in [1.165, 1.54) is 19.0 Å². The smallest absolute Gasteiger partial charge is 0.314 e. The molecule has 6 N–H and O–H groups in total. The topological polar surface area (TPSA) is 205 Å². The van der Waals surface area contributed by atoms with Crippen molar-refractivity contribution in [2.75, 3.05) is 14.1 Å². The number of ketones is 2. The summed E-state index contributed by atoms with van der Waals surface area (Å²) in [5.74, 6) is -10.3. The van der Waals surface area contributed by atoms with Gasteiger partial charge in [-0.2, -0.15) is 0 Å². The molecule has 13 heteroatoms. The van der Waals surface area contributed by atoms with E-state index in [1.54, 1.807) is 0 Å². The number of hydrogen-bond acceptors (Lipinski definition) is 10. The number of primary amides is 1. The molecule has 1 fully saturated rings. The number of amides is 1. The number of hydrogen-bond donors (Lipinski definition) is 5. The number of Topliss-reactive ketones (excluding diaryl/α,β-unsaturated/α-hetero) is 2. The SMILES string of the molecule is CN(C)[C@@H]1C(=O)C(C(N)=O)=C(O)[C@@]2(O)C(=O)C3=C(O)c4c(O)c([N+](=O)[O-])cc(F)c4C[C@H]3C[C@@H]12. The third kappa shape index (κ3) is 2.80. The molecular formula is C21H20FN3O9. The highest BCUT2D eigenvalue weighted by molar-refractivity contribution is 6.24. The number of carbonyl (C=O) groups excluding carboxylic acids is 3. The average molecular weight is 477 g/mol. The van der Waals surface area contributed by atoms with Gasteiger partial charge in [0.2, 0.25) is 11.5 Å². The lowest BCUT2D eigenvalue weighted by Gasteiger charge is -2.50. The Morgan fingerprint density at radius 1 is 1.29 bits per heavy atom. The first-order chi connectivity index (χ1) is 15.7. The van der Waals surface area contributed by atoms with E-state index in [-0.39, 0.29) is 18.4 Å². The van der Waals surface area contributed by atoms with Crippen molar-refractivity contribution in [3.8, 4) is 5.75 Å². The number of fused-ring (bicyclic) bond motifs is 3. The Morgan fingerprint density at radius 3 is 2.44 bits per heavy atom. The summed E-state index contributed by atoms with van der Waals surface area (Å²) in [7, 11) is 2.90. The lowest BCUT2D eigenvalue weighted by atomic mass is 9.57. The van der Waals surface area contributed by atoms with Gasteiger partial charge in [-0.15, -0.1) is 0 Å². The number of likely N-dealkylation sites (N-methyl/N-ethyl adjacent to an activating group) is 1. The molecule has 180 valence electrons. The molecule has 4 rings (SSSR count). The van der Waals surface area contributed by atoms with E-state index in [1.807, 2.05) is 0 Å². The molecular weight excluding hydrogens is 457 g/mol. The summed E-state index contributed by atoms with van der Waals surface area (Å²) in [6.07, 6.45) is -0.519. The summed E-state index contributed by atoms with van der Waals surface area (Å²) in [4.78, 5) is 49.8. The van der Waals surface area contributed by atoms with Crippen LogP contribution in [0.5, 0.6) is 5.75 Å². The first-order valence-corrected chi connectivity index (χ1v) is 10.1. The number of phenolic OH excluding ortho intramolecular Hbond substituents is 1. The maximum atomic E-state index is 14.7. The lowest BCUT2D eigenvalue weighted by molar-refractivity contribution is -0.386. The highest BCUT2D eigenvalue weighted by atomic mass is 19.1. The minimum absolute atomic E-state index is 0.219. The van der Waals surface area contributed by atoms with Crippen LogP contribution in [0.4, 0.5) is 10.1 Å². The summed E-state index contributed by atoms with van der Waals surface area (Å²) < 4.78 is 14.7. The number of aliphatic hydroxyl groups excluding tert-OH is 2. The number of phenols is 1. The Bertz CT molecular complexity index is 1270. The Kier molecular flexibility index (Phi) is 5.03. The molecule has 3 aliphatic rings. The monoisotopic (exact) mass is 477 g/mol. The van der Waals surface area contributed by atoms with Gasteiger partial charge in [0, 0.05) is 17.1 Å². The van der Waals surface area contributed by atoms with Gasteiger partial charge in [0.05, 0.1) is 22.6 Å². The molecule has 0 aromatic heterocycles. The fraction of sp³-hybridized carbons (Fsp3) is 0.381. The molecule has 0 bridgehead atoms. The number of benzene rings is 1. The minimum Gasteiger partial charge on any atom is -0.508 e. The van der Waals surface area contributed by atoms with E-state index in [2.05, 4.69) is 0 Å². The zero-order valence-electron chi connectivity index (χ0n) is 17.9. The third-order valence-electron chi connectivity index (χ3n) is 6.84. The van der Waals surface area contributed by atoms with E-state index >= 15 is 0 Å². The predicted octanol–water partition coefficient (Wildman–Crippen LogP) is 0.0113. The standard InChI is InChI=1S/C21H20FN3O9/c1-24(2)14-8-4-6-3-7-9(22)5-10(25(33)34)15(26)12(7)16(27)11(6)18(29)21(8,32)19(30)13(17(14)28)20(23)31/h5-6,8,14,26-27,30,32H,3-4H2,1-2H3,(H2,23,31)/t6-,8-,14-,21-/m0/s1. The van der Waals surface area contributed by atoms with Crippen LogP contribution in [0.2, 0.25) is 0 Å². The summed E-state index contributed by atoms with van der Waals surface area (Å²) in [5.41, 5.74) is -1.12. The van der Waals surface area contributed by atoms with Crippen LogP contribution in [-0.2, 0) is 20.8 Å². The zero-order valence-corrected chi connectivity index (χ0v) is 17.9. The summed E-state index contributed by atoms with van der Waals surface area (Å²) >= 11 is 0. The second kappa shape index (κ2) is 7.33. The quantitative estimate of drug-likeness (QED) is 0.224. The lowest BCUT2D eigenvalue weighted by Crippen LogP contribution is -2.65. The van der Waals surface area contributed by atoms with E-state index in [9.17, 15) is 49.3 Å². The molecule has 0 radical (unpaired) electrons. The van der Waals surface area contributed by atoms with Crippen molar-refractivity contribution in [1.29, 1.82) is 0 Å². The van der Waals surface area contributed by atoms with Gasteiger partial charge in [-0.3, -0.25) is 29.4 Å². The van der Waals surface area contributed by atoms with Gasteiger partial charge in [0.25, 0.3) is 5.91 Å². The van der Waals surface area contributed by atoms with Crippen LogP contribution in [-0.4, -0.2) is 73.5 Å². The zero-order chi connectivity index (χ0) is 25.4. The van der Waals surface area contributed by atoms with Crippen LogP contribution in [0, 0.1) is 27.8 Å². The fourth-order valence-corrected chi connectivity index (χ4v) is 5.39. The highest BCUT2D eigenvalue weighted by Gasteiger charge is 2.64. The largest absolute Gasteiger partial charge is 0.508 e. The maximum Gasteiger partial charge on any atom is 0.314 e. The molecule has 1 aromatic rings. The third-order valence-corrected chi connectivity index (χ3v) is 6.84. The summed E-state index contributed by atoms with van der Waals surface area (Å²) in [6, 6.07) is -0.777. The summed E-state index contributed by atoms with van der Waals surface area (Å²) in [6.45, 7) is 0. The van der Waals surface area contributed by atoms with Crippen molar-refractivity contribution in [2.24, 2.45) is 17.6 Å². The first-order valence-electron chi connectivity index (χ1n) is 10.1. The molecule has 0 saturated heterocycles. The molecule has 0 unspecified atom stereocenters. The van der Waals surface area contributed by atoms with Gasteiger partial charge in [0.15, 0.2) is 11.4 Å². The van der Waals surface area contributed by atoms with Crippen molar-refractivity contribution in [1.82, 2.24) is 4.90 Å².